The topological polar surface area (TPSA) is 58.2 Å². The molecule has 0 aliphatic heterocycles. The minimum absolute atomic E-state index is 0.106. The zero-order valence-electron chi connectivity index (χ0n) is 18.9. The van der Waals surface area contributed by atoms with Crippen LogP contribution < -0.4 is 10.6 Å². The maximum absolute atomic E-state index is 12.8. The summed E-state index contributed by atoms with van der Waals surface area (Å²) < 4.78 is 0. The second-order valence-corrected chi connectivity index (χ2v) is 8.62. The Kier molecular flexibility index (Phi) is 6.21. The van der Waals surface area contributed by atoms with E-state index in [-0.39, 0.29) is 11.8 Å². The number of aryl methyl sites for hydroxylation is 4. The first-order valence-electron chi connectivity index (χ1n) is 11.6. The van der Waals surface area contributed by atoms with Crippen LogP contribution in [0.15, 0.2) is 97.1 Å². The van der Waals surface area contributed by atoms with Crippen molar-refractivity contribution >= 4 is 23.2 Å². The molecule has 168 valence electrons. The van der Waals surface area contributed by atoms with Crippen molar-refractivity contribution in [2.45, 2.75) is 25.7 Å². The van der Waals surface area contributed by atoms with Gasteiger partial charge in [-0.05, 0) is 84.3 Å². The van der Waals surface area contributed by atoms with Gasteiger partial charge in [-0.25, -0.2) is 0 Å². The molecule has 2 N–H and O–H groups in total. The number of rotatable bonds is 4. The molecule has 34 heavy (non-hydrogen) atoms. The Bertz CT molecular complexity index is 1230. The average molecular weight is 447 g/mol. The van der Waals surface area contributed by atoms with Gasteiger partial charge >= 0.3 is 0 Å². The number of carbonyl (C=O) groups excluding carboxylic acids is 2. The molecule has 4 aromatic rings. The zero-order valence-corrected chi connectivity index (χ0v) is 18.9. The molecule has 8 rings (SSSR count). The lowest BCUT2D eigenvalue weighted by Crippen LogP contribution is -2.15. The SMILES string of the molecule is O=C(Nc1cc2ccc1CCc1ccc(cc1NC(=O)c1ccccc1)CC2)c1ccccc1. The number of hydrogen-bond acceptors (Lipinski definition) is 2. The second kappa shape index (κ2) is 9.75. The molecule has 4 bridgehead atoms. The second-order valence-electron chi connectivity index (χ2n) is 8.62. The van der Waals surface area contributed by atoms with E-state index in [4.69, 9.17) is 0 Å². The Morgan fingerprint density at radius 1 is 0.500 bits per heavy atom. The Hall–Kier alpha value is -4.18. The fraction of sp³-hybridized carbons (Fsp3) is 0.133. The van der Waals surface area contributed by atoms with Gasteiger partial charge in [0.25, 0.3) is 11.8 Å². The molecule has 4 aromatic carbocycles. The molecule has 0 aromatic heterocycles. The summed E-state index contributed by atoms with van der Waals surface area (Å²) >= 11 is 0. The summed E-state index contributed by atoms with van der Waals surface area (Å²) in [5.41, 5.74) is 7.50. The lowest BCUT2D eigenvalue weighted by molar-refractivity contribution is 0.101. The molecule has 4 heteroatoms. The van der Waals surface area contributed by atoms with E-state index in [0.717, 1.165) is 48.2 Å². The average Bonchev–Trinajstić information content (AvgIpc) is 2.87. The summed E-state index contributed by atoms with van der Waals surface area (Å²) in [6, 6.07) is 31.3. The highest BCUT2D eigenvalue weighted by Gasteiger charge is 2.15. The molecule has 2 amide bonds. The molecule has 0 spiro atoms. The minimum Gasteiger partial charge on any atom is -0.322 e. The third-order valence-corrected chi connectivity index (χ3v) is 6.28. The third-order valence-electron chi connectivity index (χ3n) is 6.28. The lowest BCUT2D eigenvalue weighted by atomic mass is 9.94. The predicted octanol–water partition coefficient (Wildman–Crippen LogP) is 6.08. The zero-order chi connectivity index (χ0) is 23.3. The van der Waals surface area contributed by atoms with E-state index in [1.165, 1.54) is 11.1 Å². The van der Waals surface area contributed by atoms with Crippen LogP contribution in [0.4, 0.5) is 11.4 Å². The summed E-state index contributed by atoms with van der Waals surface area (Å²) in [6.45, 7) is 0. The van der Waals surface area contributed by atoms with Crippen molar-refractivity contribution in [3.8, 4) is 0 Å². The fourth-order valence-electron chi connectivity index (χ4n) is 4.35. The van der Waals surface area contributed by atoms with Gasteiger partial charge < -0.3 is 10.6 Å². The van der Waals surface area contributed by atoms with Gasteiger partial charge in [0.05, 0.1) is 0 Å². The molecule has 0 saturated carbocycles. The van der Waals surface area contributed by atoms with Gasteiger partial charge in [-0.2, -0.15) is 0 Å². The van der Waals surface area contributed by atoms with Gasteiger partial charge in [-0.1, -0.05) is 60.7 Å². The van der Waals surface area contributed by atoms with Gasteiger partial charge in [0.15, 0.2) is 0 Å². The van der Waals surface area contributed by atoms with Crippen molar-refractivity contribution in [2.75, 3.05) is 10.6 Å². The largest absolute Gasteiger partial charge is 0.322 e. The predicted molar refractivity (Wildman–Crippen MR) is 136 cm³/mol. The number of carbonyl (C=O) groups is 2. The van der Waals surface area contributed by atoms with Crippen molar-refractivity contribution in [2.24, 2.45) is 0 Å². The fourth-order valence-corrected chi connectivity index (χ4v) is 4.35. The van der Waals surface area contributed by atoms with Crippen LogP contribution in [-0.4, -0.2) is 11.8 Å². The first-order chi connectivity index (χ1) is 16.7. The van der Waals surface area contributed by atoms with Gasteiger partial charge in [0.2, 0.25) is 0 Å². The van der Waals surface area contributed by atoms with Crippen molar-refractivity contribution in [3.63, 3.8) is 0 Å². The maximum atomic E-state index is 12.8. The maximum Gasteiger partial charge on any atom is 0.255 e. The molecule has 0 unspecified atom stereocenters. The summed E-state index contributed by atoms with van der Waals surface area (Å²) in [5.74, 6) is -0.213. The monoisotopic (exact) mass is 446 g/mol. The van der Waals surface area contributed by atoms with Gasteiger partial charge in [0.1, 0.15) is 0 Å². The van der Waals surface area contributed by atoms with E-state index in [1.54, 1.807) is 0 Å². The highest BCUT2D eigenvalue weighted by molar-refractivity contribution is 6.05. The highest BCUT2D eigenvalue weighted by atomic mass is 16.2. The number of hydrogen-bond donors (Lipinski definition) is 2. The van der Waals surface area contributed by atoms with Crippen LogP contribution in [0.1, 0.15) is 43.0 Å². The first kappa shape index (κ1) is 21.7. The van der Waals surface area contributed by atoms with Gasteiger partial charge in [-0.3, -0.25) is 9.59 Å². The van der Waals surface area contributed by atoms with Crippen molar-refractivity contribution in [1.82, 2.24) is 0 Å². The van der Waals surface area contributed by atoms with E-state index in [2.05, 4.69) is 47.0 Å². The standard InChI is InChI=1S/C30H26N2O2/c33-29(25-7-3-1-4-8-25)31-27-19-21-11-12-22-14-16-24(18-17-23(27)15-13-21)28(20-22)32-30(34)26-9-5-2-6-10-26/h1-10,13-16,19-20H,11-12,17-18H2,(H,31,33)(H,32,34). The third kappa shape index (κ3) is 4.91. The van der Waals surface area contributed by atoms with E-state index in [9.17, 15) is 9.59 Å². The minimum atomic E-state index is -0.106. The van der Waals surface area contributed by atoms with Crippen LogP contribution in [0.5, 0.6) is 0 Å². The van der Waals surface area contributed by atoms with Crippen LogP contribution in [-0.2, 0) is 25.7 Å². The number of amides is 2. The highest BCUT2D eigenvalue weighted by Crippen LogP contribution is 2.27. The normalized spacial score (nSPS) is 12.5. The Morgan fingerprint density at radius 3 is 1.32 bits per heavy atom. The van der Waals surface area contributed by atoms with Crippen LogP contribution in [0.2, 0.25) is 0 Å². The molecule has 0 atom stereocenters. The first-order valence-corrected chi connectivity index (χ1v) is 11.6. The molecule has 4 aliphatic rings. The van der Waals surface area contributed by atoms with Gasteiger partial charge in [-0.15, -0.1) is 0 Å². The van der Waals surface area contributed by atoms with E-state index in [1.807, 2.05) is 60.7 Å². The molecule has 0 radical (unpaired) electrons. The van der Waals surface area contributed by atoms with Crippen LogP contribution in [0.3, 0.4) is 0 Å². The molecule has 0 heterocycles. The Labute approximate surface area is 199 Å². The molecule has 0 saturated heterocycles. The molecular weight excluding hydrogens is 420 g/mol. The Morgan fingerprint density at radius 2 is 0.912 bits per heavy atom. The number of anilines is 2. The molecule has 4 nitrogen and oxygen atoms in total. The van der Waals surface area contributed by atoms with E-state index in [0.29, 0.717) is 11.1 Å². The smallest absolute Gasteiger partial charge is 0.255 e. The molecular formula is C30H26N2O2. The number of benzene rings is 4. The molecule has 0 fully saturated rings. The quantitative estimate of drug-likeness (QED) is 0.399. The summed E-state index contributed by atoms with van der Waals surface area (Å²) in [7, 11) is 0. The lowest BCUT2D eigenvalue weighted by Gasteiger charge is -2.18. The number of nitrogens with one attached hydrogen (secondary N) is 2. The van der Waals surface area contributed by atoms with Crippen LogP contribution >= 0.6 is 0 Å². The van der Waals surface area contributed by atoms with Crippen LogP contribution in [0, 0.1) is 0 Å². The van der Waals surface area contributed by atoms with Crippen molar-refractivity contribution in [3.05, 3.63) is 130 Å². The molecule has 4 aliphatic carbocycles. The van der Waals surface area contributed by atoms with Gasteiger partial charge in [0, 0.05) is 22.5 Å². The van der Waals surface area contributed by atoms with Crippen molar-refractivity contribution in [1.29, 1.82) is 0 Å². The van der Waals surface area contributed by atoms with E-state index >= 15 is 0 Å². The van der Waals surface area contributed by atoms with E-state index < -0.39 is 0 Å². The summed E-state index contributed by atoms with van der Waals surface area (Å²) in [4.78, 5) is 25.6. The van der Waals surface area contributed by atoms with Crippen molar-refractivity contribution < 1.29 is 9.59 Å². The summed E-state index contributed by atoms with van der Waals surface area (Å²) in [5, 5.41) is 6.24. The Balaban J connectivity index is 1.41. The van der Waals surface area contributed by atoms with Crippen LogP contribution in [0.25, 0.3) is 0 Å². The summed E-state index contributed by atoms with van der Waals surface area (Å²) in [6.07, 6.45) is 3.19.